The number of para-hydroxylation sites is 1. The second-order valence-corrected chi connectivity index (χ2v) is 6.32. The number of carbonyl (C=O) groups is 1. The Morgan fingerprint density at radius 2 is 2.00 bits per heavy atom. The van der Waals surface area contributed by atoms with Crippen molar-refractivity contribution < 1.29 is 48.0 Å². The van der Waals surface area contributed by atoms with E-state index < -0.39 is 0 Å². The Hall–Kier alpha value is 0.158. The number of anilines is 1. The fraction of sp³-hybridized carbons (Fsp3) is 0.222. The van der Waals surface area contributed by atoms with Crippen LogP contribution < -0.4 is 0.431 Å². The van der Waals surface area contributed by atoms with E-state index in [1.807, 2.05) is 37.7 Å². The molecule has 2 nitrogen and oxygen atoms in total. The SMILES string of the molecule is CCC(=O)[N]([RaH])c1ccccc1. The van der Waals surface area contributed by atoms with Crippen molar-refractivity contribution in [1.82, 2.24) is 0 Å². The topological polar surface area (TPSA) is 20.3 Å². The molecule has 60 valence electrons. The van der Waals surface area contributed by atoms with E-state index in [0.29, 0.717) is 6.42 Å². The third-order valence-corrected chi connectivity index (χ3v) is 5.99. The maximum absolute atomic E-state index is 11.3. The van der Waals surface area contributed by atoms with Crippen LogP contribution in [0.4, 0.5) is 5.69 Å². The van der Waals surface area contributed by atoms with E-state index in [1.165, 1.54) is 0 Å². The zero-order valence-corrected chi connectivity index (χ0v) is 15.7. The second-order valence-electron chi connectivity index (χ2n) is 2.64. The van der Waals surface area contributed by atoms with Crippen molar-refractivity contribution in [3.63, 3.8) is 0 Å². The molecular formula is C9H11NORa. The number of benzene rings is 1. The third kappa shape index (κ3) is 2.58. The number of rotatable bonds is 2. The van der Waals surface area contributed by atoms with E-state index in [4.69, 9.17) is 0 Å². The first-order valence-corrected chi connectivity index (χ1v) is 7.75. The summed E-state index contributed by atoms with van der Waals surface area (Å²) >= 11 is 0.0755. The Morgan fingerprint density at radius 1 is 1.42 bits per heavy atom. The van der Waals surface area contributed by atoms with Crippen molar-refractivity contribution in [3.05, 3.63) is 30.3 Å². The molecule has 0 aliphatic heterocycles. The predicted molar refractivity (Wildman–Crippen MR) is 45.6 cm³/mol. The van der Waals surface area contributed by atoms with Crippen LogP contribution in [-0.2, 0) is 4.79 Å². The molecule has 0 aliphatic carbocycles. The molecule has 0 N–H and O–H groups in total. The predicted octanol–water partition coefficient (Wildman–Crippen LogP) is 1.63. The Balaban J connectivity index is 2.78. The van der Waals surface area contributed by atoms with Crippen LogP contribution in [0, 0.1) is 43.2 Å². The summed E-state index contributed by atoms with van der Waals surface area (Å²) in [6.07, 6.45) is 0.604. The van der Waals surface area contributed by atoms with Crippen LogP contribution in [-0.4, -0.2) is 5.91 Å². The average Bonchev–Trinajstić information content (AvgIpc) is 2.17. The van der Waals surface area contributed by atoms with Gasteiger partial charge in [-0.05, 0) is 0 Å². The Morgan fingerprint density at radius 3 is 2.50 bits per heavy atom. The summed E-state index contributed by atoms with van der Waals surface area (Å²) in [6.45, 7) is 1.90. The molecule has 0 unspecified atom stereocenters. The zero-order chi connectivity index (χ0) is 8.97. The van der Waals surface area contributed by atoms with Gasteiger partial charge in [-0.1, -0.05) is 0 Å². The first-order chi connectivity index (χ1) is 5.75. The van der Waals surface area contributed by atoms with Gasteiger partial charge in [-0.2, -0.15) is 0 Å². The molecule has 0 aromatic heterocycles. The summed E-state index contributed by atoms with van der Waals surface area (Å²) < 4.78 is 1.90. The molecule has 0 spiro atoms. The van der Waals surface area contributed by atoms with Gasteiger partial charge in [0.1, 0.15) is 0 Å². The van der Waals surface area contributed by atoms with Crippen LogP contribution in [0.3, 0.4) is 0 Å². The van der Waals surface area contributed by atoms with E-state index in [1.54, 1.807) is 0 Å². The molecule has 0 fully saturated rings. The van der Waals surface area contributed by atoms with Crippen LogP contribution in [0.1, 0.15) is 13.3 Å². The van der Waals surface area contributed by atoms with Gasteiger partial charge in [-0.3, -0.25) is 0 Å². The van der Waals surface area contributed by atoms with Gasteiger partial charge in [-0.25, -0.2) is 0 Å². The Bertz CT molecular complexity index is 260. The molecule has 0 saturated carbocycles. The van der Waals surface area contributed by atoms with Crippen molar-refractivity contribution in [2.75, 3.05) is 0.431 Å². The summed E-state index contributed by atoms with van der Waals surface area (Å²) in [6, 6.07) is 9.85. The van der Waals surface area contributed by atoms with Crippen molar-refractivity contribution in [3.8, 4) is 0 Å². The molecule has 0 radical (unpaired) electrons. The third-order valence-electron chi connectivity index (χ3n) is 1.82. The molecule has 0 bridgehead atoms. The van der Waals surface area contributed by atoms with Gasteiger partial charge in [0.25, 0.3) is 0 Å². The molecule has 1 aromatic carbocycles. The normalized spacial score (nSPS) is 9.33. The fourth-order valence-corrected chi connectivity index (χ4v) is 3.56. The van der Waals surface area contributed by atoms with Crippen LogP contribution >= 0.6 is 0 Å². The van der Waals surface area contributed by atoms with Gasteiger partial charge >= 0.3 is 104 Å². The minimum absolute atomic E-state index is 0.0755. The summed E-state index contributed by atoms with van der Waals surface area (Å²) in [5, 5.41) is 0. The first kappa shape index (κ1) is 10.2. The van der Waals surface area contributed by atoms with Gasteiger partial charge < -0.3 is 0 Å². The molecule has 0 saturated heterocycles. The van der Waals surface area contributed by atoms with E-state index in [9.17, 15) is 4.79 Å². The number of carbonyl (C=O) groups excluding carboxylic acids is 1. The Kier molecular flexibility index (Phi) is 4.28. The van der Waals surface area contributed by atoms with Crippen LogP contribution in [0.15, 0.2) is 30.3 Å². The first-order valence-electron chi connectivity index (χ1n) is 4.07. The van der Waals surface area contributed by atoms with Gasteiger partial charge in [-0.15, -0.1) is 0 Å². The summed E-state index contributed by atoms with van der Waals surface area (Å²) in [5.41, 5.74) is 1.05. The number of nitrogens with zero attached hydrogens (tertiary/aromatic N) is 1. The van der Waals surface area contributed by atoms with Crippen LogP contribution in [0.2, 0.25) is 0 Å². The summed E-state index contributed by atoms with van der Waals surface area (Å²) in [5.74, 6) is 0.242. The molecular weight excluding hydrogens is 364 g/mol. The number of hydrogen-bond donors (Lipinski definition) is 0. The van der Waals surface area contributed by atoms with Gasteiger partial charge in [0.05, 0.1) is 0 Å². The quantitative estimate of drug-likeness (QED) is 0.770. The molecule has 1 amide bonds. The zero-order valence-electron chi connectivity index (χ0n) is 7.45. The molecule has 1 rings (SSSR count). The fourth-order valence-electron chi connectivity index (χ4n) is 1.03. The van der Waals surface area contributed by atoms with E-state index >= 15 is 0 Å². The second kappa shape index (κ2) is 5.01. The standard InChI is InChI=1S/C9H11NO.Ra.H/c1-2-9(11)10-8-6-4-3-5-7-8;;/h3-7H,2H2,1H3,(H,10,11);;/q;+1;/p-1. The van der Waals surface area contributed by atoms with Crippen LogP contribution in [0.5, 0.6) is 0 Å². The van der Waals surface area contributed by atoms with E-state index in [0.717, 1.165) is 5.69 Å². The van der Waals surface area contributed by atoms with Gasteiger partial charge in [0.15, 0.2) is 0 Å². The van der Waals surface area contributed by atoms with E-state index in [-0.39, 0.29) is 49.1 Å². The van der Waals surface area contributed by atoms with Gasteiger partial charge in [0.2, 0.25) is 0 Å². The monoisotopic (exact) mass is 375 g/mol. The number of amides is 1. The van der Waals surface area contributed by atoms with Crippen molar-refractivity contribution in [2.24, 2.45) is 0 Å². The Labute approximate surface area is 102 Å². The average molecular weight is 375 g/mol. The van der Waals surface area contributed by atoms with Crippen molar-refractivity contribution in [1.29, 1.82) is 0 Å². The molecule has 0 aliphatic rings. The molecule has 0 atom stereocenters. The maximum atomic E-state index is 11.3. The molecule has 3 heteroatoms. The number of hydrogen-bond acceptors (Lipinski definition) is 1. The van der Waals surface area contributed by atoms with Crippen LogP contribution in [0.25, 0.3) is 0 Å². The van der Waals surface area contributed by atoms with Crippen molar-refractivity contribution in [2.45, 2.75) is 13.3 Å². The molecule has 0 heterocycles. The minimum atomic E-state index is 0.0755. The molecule has 1 aromatic rings. The van der Waals surface area contributed by atoms with E-state index in [2.05, 4.69) is 0 Å². The summed E-state index contributed by atoms with van der Waals surface area (Å²) in [7, 11) is 0. The molecule has 12 heavy (non-hydrogen) atoms. The summed E-state index contributed by atoms with van der Waals surface area (Å²) in [4.78, 5) is 11.3. The van der Waals surface area contributed by atoms with Crippen molar-refractivity contribution >= 4 is 11.6 Å². The van der Waals surface area contributed by atoms with Gasteiger partial charge in [0, 0.05) is 0 Å².